The Hall–Kier alpha value is -3.14. The van der Waals surface area contributed by atoms with Crippen molar-refractivity contribution in [3.63, 3.8) is 0 Å². The van der Waals surface area contributed by atoms with Crippen LogP contribution in [0, 0.1) is 18.3 Å². The van der Waals surface area contributed by atoms with E-state index < -0.39 is 0 Å². The topological polar surface area (TPSA) is 45.2 Å². The highest BCUT2D eigenvalue weighted by Crippen LogP contribution is 2.57. The van der Waals surface area contributed by atoms with Crippen LogP contribution in [0.5, 0.6) is 0 Å². The van der Waals surface area contributed by atoms with Crippen LogP contribution in [-0.4, -0.2) is 22.5 Å². The predicted molar refractivity (Wildman–Crippen MR) is 156 cm³/mol. The summed E-state index contributed by atoms with van der Waals surface area (Å²) in [7, 11) is 0. The number of nitrogens with one attached hydrogen (secondary N) is 1. The van der Waals surface area contributed by atoms with Crippen LogP contribution < -0.4 is 5.32 Å². The number of anilines is 1. The summed E-state index contributed by atoms with van der Waals surface area (Å²) in [6, 6.07) is 21.2. The first kappa shape index (κ1) is 26.5. The first-order chi connectivity index (χ1) is 18.2. The maximum Gasteiger partial charge on any atom is 0.322 e. The quantitative estimate of drug-likeness (QED) is 0.363. The molecule has 0 radical (unpaired) electrons. The summed E-state index contributed by atoms with van der Waals surface area (Å²) < 4.78 is 0. The number of fused-ring (bicyclic) bond motifs is 3. The molecule has 3 aromatic rings. The van der Waals surface area contributed by atoms with Crippen molar-refractivity contribution in [3.05, 3.63) is 94.8 Å². The molecule has 0 unspecified atom stereocenters. The third kappa shape index (κ3) is 5.23. The predicted octanol–water partition coefficient (Wildman–Crippen LogP) is 8.26. The van der Waals surface area contributed by atoms with Crippen molar-refractivity contribution in [2.45, 2.75) is 84.6 Å². The van der Waals surface area contributed by atoms with Gasteiger partial charge in [-0.1, -0.05) is 76.1 Å². The number of aromatic nitrogens is 1. The van der Waals surface area contributed by atoms with Crippen LogP contribution >= 0.6 is 0 Å². The number of nitrogens with zero attached hydrogens (tertiary/aromatic N) is 2. The summed E-state index contributed by atoms with van der Waals surface area (Å²) in [6.07, 6.45) is 7.67. The third-order valence-electron chi connectivity index (χ3n) is 9.39. The number of pyridine rings is 1. The first-order valence-corrected chi connectivity index (χ1v) is 14.3. The molecule has 2 aliphatic rings. The summed E-state index contributed by atoms with van der Waals surface area (Å²) in [4.78, 5) is 20.3. The standard InChI is InChI=1S/C34H43N3O/c1-24(2)26-12-16-30-27(21-26)13-17-31-33(4,18-8-19-34(30,31)5)23-37(22-29-9-6-7-20-35-29)32(38)36-28-14-10-25(3)11-15-28/h6-7,9-12,14-16,20-21,24,31H,8,13,17-19,22-23H2,1-5H3,(H,36,38)/t31-,33-,34-/m0/s1. The van der Waals surface area contributed by atoms with Gasteiger partial charge in [0.15, 0.2) is 0 Å². The highest BCUT2D eigenvalue weighted by Gasteiger charge is 2.52. The molecule has 2 aromatic carbocycles. The molecular weight excluding hydrogens is 466 g/mol. The molecule has 1 heterocycles. The number of rotatable bonds is 6. The van der Waals surface area contributed by atoms with Crippen molar-refractivity contribution in [2.24, 2.45) is 11.3 Å². The van der Waals surface area contributed by atoms with Crippen molar-refractivity contribution in [2.75, 3.05) is 11.9 Å². The van der Waals surface area contributed by atoms with Crippen molar-refractivity contribution in [1.29, 1.82) is 0 Å². The second-order valence-corrected chi connectivity index (χ2v) is 12.6. The van der Waals surface area contributed by atoms with Gasteiger partial charge in [0.2, 0.25) is 0 Å². The second-order valence-electron chi connectivity index (χ2n) is 12.6. The van der Waals surface area contributed by atoms with Gasteiger partial charge in [-0.05, 0) is 96.2 Å². The SMILES string of the molecule is Cc1ccc(NC(=O)N(Cc2ccccn2)C[C@]2(C)CCC[C@@]3(C)c4ccc(C(C)C)cc4CC[C@@H]23)cc1. The van der Waals surface area contributed by atoms with E-state index in [1.165, 1.54) is 30.4 Å². The molecule has 5 rings (SSSR count). The minimum atomic E-state index is -0.0502. The summed E-state index contributed by atoms with van der Waals surface area (Å²) in [5, 5.41) is 3.17. The molecule has 0 saturated heterocycles. The van der Waals surface area contributed by atoms with Crippen molar-refractivity contribution in [1.82, 2.24) is 9.88 Å². The van der Waals surface area contributed by atoms with E-state index in [1.807, 2.05) is 53.6 Å². The van der Waals surface area contributed by atoms with Gasteiger partial charge in [-0.2, -0.15) is 0 Å². The molecule has 4 heteroatoms. The number of carbonyl (C=O) groups is 1. The van der Waals surface area contributed by atoms with E-state index in [1.54, 1.807) is 11.1 Å². The molecule has 1 saturated carbocycles. The molecule has 1 fully saturated rings. The van der Waals surface area contributed by atoms with E-state index in [-0.39, 0.29) is 16.9 Å². The Balaban J connectivity index is 1.44. The van der Waals surface area contributed by atoms with E-state index in [2.05, 4.69) is 63.1 Å². The van der Waals surface area contributed by atoms with Gasteiger partial charge >= 0.3 is 6.03 Å². The second kappa shape index (κ2) is 10.6. The molecule has 0 spiro atoms. The smallest absolute Gasteiger partial charge is 0.318 e. The number of hydrogen-bond acceptors (Lipinski definition) is 2. The monoisotopic (exact) mass is 509 g/mol. The third-order valence-corrected chi connectivity index (χ3v) is 9.39. The Morgan fingerprint density at radius 3 is 2.58 bits per heavy atom. The van der Waals surface area contributed by atoms with Crippen molar-refractivity contribution < 1.29 is 4.79 Å². The van der Waals surface area contributed by atoms with Gasteiger partial charge in [-0.3, -0.25) is 4.98 Å². The average molecular weight is 510 g/mol. The lowest BCUT2D eigenvalue weighted by atomic mass is 9.49. The van der Waals surface area contributed by atoms with Gasteiger partial charge in [-0.25, -0.2) is 4.79 Å². The lowest BCUT2D eigenvalue weighted by Crippen LogP contribution is -2.54. The van der Waals surface area contributed by atoms with Crippen molar-refractivity contribution >= 4 is 11.7 Å². The molecule has 2 aliphatic carbocycles. The normalized spacial score (nSPS) is 24.4. The summed E-state index contributed by atoms with van der Waals surface area (Å²) in [6.45, 7) is 12.8. The molecule has 3 atom stereocenters. The lowest BCUT2D eigenvalue weighted by molar-refractivity contribution is 0.00450. The Morgan fingerprint density at radius 1 is 1.08 bits per heavy atom. The number of benzene rings is 2. The fourth-order valence-electron chi connectivity index (χ4n) is 7.35. The lowest BCUT2D eigenvalue weighted by Gasteiger charge is -2.56. The molecular formula is C34H43N3O. The fraction of sp³-hybridized carbons (Fsp3) is 0.471. The van der Waals surface area contributed by atoms with Crippen LogP contribution in [-0.2, 0) is 18.4 Å². The molecule has 2 amide bonds. The van der Waals surface area contributed by atoms with Crippen LogP contribution in [0.15, 0.2) is 66.9 Å². The molecule has 4 nitrogen and oxygen atoms in total. The zero-order chi connectivity index (χ0) is 26.9. The number of amides is 2. The Labute approximate surface area is 228 Å². The minimum Gasteiger partial charge on any atom is -0.318 e. The Kier molecular flexibility index (Phi) is 7.35. The van der Waals surface area contributed by atoms with Crippen LogP contribution in [0.3, 0.4) is 0 Å². The zero-order valence-corrected chi connectivity index (χ0v) is 23.8. The Morgan fingerprint density at radius 2 is 1.87 bits per heavy atom. The summed E-state index contributed by atoms with van der Waals surface area (Å²) in [5.74, 6) is 1.08. The Bertz CT molecular complexity index is 1270. The van der Waals surface area contributed by atoms with Gasteiger partial charge < -0.3 is 10.2 Å². The largest absolute Gasteiger partial charge is 0.322 e. The average Bonchev–Trinajstić information content (AvgIpc) is 2.90. The summed E-state index contributed by atoms with van der Waals surface area (Å²) >= 11 is 0. The highest BCUT2D eigenvalue weighted by atomic mass is 16.2. The maximum absolute atomic E-state index is 13.7. The number of hydrogen-bond donors (Lipinski definition) is 1. The van der Waals surface area contributed by atoms with E-state index in [9.17, 15) is 4.79 Å². The zero-order valence-electron chi connectivity index (χ0n) is 23.8. The van der Waals surface area contributed by atoms with Gasteiger partial charge in [0.25, 0.3) is 0 Å². The molecule has 1 N–H and O–H groups in total. The van der Waals surface area contributed by atoms with Gasteiger partial charge in [0.05, 0.1) is 12.2 Å². The number of urea groups is 1. The van der Waals surface area contributed by atoms with Crippen LogP contribution in [0.25, 0.3) is 0 Å². The first-order valence-electron chi connectivity index (χ1n) is 14.3. The molecule has 200 valence electrons. The van der Waals surface area contributed by atoms with E-state index in [4.69, 9.17) is 0 Å². The molecule has 0 bridgehead atoms. The molecule has 0 aliphatic heterocycles. The maximum atomic E-state index is 13.7. The van der Waals surface area contributed by atoms with Crippen molar-refractivity contribution in [3.8, 4) is 0 Å². The number of carbonyl (C=O) groups excluding carboxylic acids is 1. The van der Waals surface area contributed by atoms with Gasteiger partial charge in [0, 0.05) is 18.4 Å². The van der Waals surface area contributed by atoms with Crippen LogP contribution in [0.4, 0.5) is 10.5 Å². The van der Waals surface area contributed by atoms with E-state index in [0.29, 0.717) is 18.4 Å². The van der Waals surface area contributed by atoms with Crippen LogP contribution in [0.2, 0.25) is 0 Å². The van der Waals surface area contributed by atoms with Gasteiger partial charge in [0.1, 0.15) is 0 Å². The molecule has 38 heavy (non-hydrogen) atoms. The summed E-state index contributed by atoms with van der Waals surface area (Å²) in [5.41, 5.74) is 7.63. The van der Waals surface area contributed by atoms with Gasteiger partial charge in [-0.15, -0.1) is 0 Å². The minimum absolute atomic E-state index is 0.0286. The van der Waals surface area contributed by atoms with E-state index in [0.717, 1.165) is 30.8 Å². The molecule has 1 aromatic heterocycles. The fourth-order valence-corrected chi connectivity index (χ4v) is 7.35. The highest BCUT2D eigenvalue weighted by molar-refractivity contribution is 5.89. The number of aryl methyl sites for hydroxylation is 2. The van der Waals surface area contributed by atoms with Crippen LogP contribution in [0.1, 0.15) is 87.2 Å². The van der Waals surface area contributed by atoms with E-state index >= 15 is 0 Å².